The highest BCUT2D eigenvalue weighted by Gasteiger charge is 2.36. The van der Waals surface area contributed by atoms with Gasteiger partial charge in [-0.15, -0.1) is 0 Å². The molecule has 4 aromatic carbocycles. The summed E-state index contributed by atoms with van der Waals surface area (Å²) in [7, 11) is 0. The average molecular weight is 418 g/mol. The second-order valence-electron chi connectivity index (χ2n) is 10.3. The van der Waals surface area contributed by atoms with E-state index in [1.807, 2.05) is 0 Å². The third-order valence-electron chi connectivity index (χ3n) is 6.73. The minimum atomic E-state index is -0.0905. The molecular weight excluding hydrogens is 386 g/mol. The van der Waals surface area contributed by atoms with E-state index in [0.29, 0.717) is 0 Å². The third-order valence-corrected chi connectivity index (χ3v) is 6.73. The van der Waals surface area contributed by atoms with Crippen LogP contribution in [0.1, 0.15) is 45.7 Å². The van der Waals surface area contributed by atoms with Crippen molar-refractivity contribution in [2.75, 3.05) is 4.90 Å². The number of hydrogen-bond acceptors (Lipinski definition) is 1. The first-order chi connectivity index (χ1) is 15.3. The minimum Gasteiger partial charge on any atom is -0.336 e. The Morgan fingerprint density at radius 1 is 0.594 bits per heavy atom. The number of hydrogen-bond donors (Lipinski definition) is 0. The topological polar surface area (TPSA) is 3.24 Å². The van der Waals surface area contributed by atoms with Crippen molar-refractivity contribution in [1.29, 1.82) is 0 Å². The second-order valence-corrected chi connectivity index (χ2v) is 10.3. The molecule has 0 aliphatic heterocycles. The molecule has 0 fully saturated rings. The van der Waals surface area contributed by atoms with E-state index in [4.69, 9.17) is 0 Å². The molecule has 0 amide bonds. The monoisotopic (exact) mass is 417 g/mol. The van der Waals surface area contributed by atoms with Crippen molar-refractivity contribution >= 4 is 11.4 Å². The molecule has 160 valence electrons. The van der Waals surface area contributed by atoms with Gasteiger partial charge in [0.2, 0.25) is 0 Å². The van der Waals surface area contributed by atoms with Gasteiger partial charge in [0.25, 0.3) is 0 Å². The summed E-state index contributed by atoms with van der Waals surface area (Å²) < 4.78 is 0. The number of rotatable bonds is 3. The predicted molar refractivity (Wildman–Crippen MR) is 138 cm³/mol. The molecule has 1 aliphatic carbocycles. The zero-order valence-electron chi connectivity index (χ0n) is 19.7. The molecule has 0 spiro atoms. The van der Waals surface area contributed by atoms with E-state index in [1.165, 1.54) is 44.8 Å². The summed E-state index contributed by atoms with van der Waals surface area (Å²) in [6.45, 7) is 11.5. The minimum absolute atomic E-state index is 0.0268. The van der Waals surface area contributed by atoms with Crippen LogP contribution in [-0.2, 0) is 5.41 Å². The van der Waals surface area contributed by atoms with E-state index in [-0.39, 0.29) is 11.0 Å². The summed E-state index contributed by atoms with van der Waals surface area (Å²) in [4.78, 5) is 2.49. The van der Waals surface area contributed by atoms with Gasteiger partial charge in [-0.05, 0) is 66.8 Å². The Kier molecular flexibility index (Phi) is 4.74. The van der Waals surface area contributed by atoms with Gasteiger partial charge in [0.15, 0.2) is 0 Å². The van der Waals surface area contributed by atoms with Crippen LogP contribution < -0.4 is 4.90 Å². The van der Waals surface area contributed by atoms with Crippen molar-refractivity contribution in [3.63, 3.8) is 0 Å². The number of fused-ring (bicyclic) bond motifs is 3. The van der Waals surface area contributed by atoms with E-state index >= 15 is 0 Å². The lowest BCUT2D eigenvalue weighted by molar-refractivity contribution is 0.560. The molecule has 0 atom stereocenters. The van der Waals surface area contributed by atoms with Crippen molar-refractivity contribution in [2.45, 2.75) is 45.6 Å². The smallest absolute Gasteiger partial charge is 0.0495 e. The van der Waals surface area contributed by atoms with E-state index in [0.717, 1.165) is 0 Å². The number of nitrogens with zero attached hydrogens (tertiary/aromatic N) is 1. The highest BCUT2D eigenvalue weighted by molar-refractivity contribution is 5.87. The summed E-state index contributed by atoms with van der Waals surface area (Å²) in [5.41, 5.74) is 10.4. The van der Waals surface area contributed by atoms with Crippen LogP contribution in [0.4, 0.5) is 11.4 Å². The number of para-hydroxylation sites is 1. The zero-order chi connectivity index (χ0) is 22.5. The van der Waals surface area contributed by atoms with Crippen molar-refractivity contribution in [3.8, 4) is 22.3 Å². The molecule has 1 heteroatoms. The molecule has 0 N–H and O–H groups in total. The molecule has 0 saturated carbocycles. The normalized spacial score (nSPS) is 14.0. The SMILES string of the molecule is CC1(C)c2ccccc2-c2cc(N(c3ccccc3-c3ccccc3)C(C)(C)C)ccc21. The van der Waals surface area contributed by atoms with Crippen LogP contribution in [0.5, 0.6) is 0 Å². The molecule has 1 nitrogen and oxygen atoms in total. The van der Waals surface area contributed by atoms with Gasteiger partial charge in [-0.2, -0.15) is 0 Å². The first-order valence-corrected chi connectivity index (χ1v) is 11.5. The van der Waals surface area contributed by atoms with Gasteiger partial charge >= 0.3 is 0 Å². The lowest BCUT2D eigenvalue weighted by Crippen LogP contribution is -2.38. The molecule has 0 unspecified atom stereocenters. The van der Waals surface area contributed by atoms with Gasteiger partial charge in [-0.25, -0.2) is 0 Å². The summed E-state index contributed by atoms with van der Waals surface area (Å²) in [6.07, 6.45) is 0. The van der Waals surface area contributed by atoms with Crippen LogP contribution >= 0.6 is 0 Å². The molecule has 0 saturated heterocycles. The van der Waals surface area contributed by atoms with Crippen molar-refractivity contribution < 1.29 is 0 Å². The molecule has 32 heavy (non-hydrogen) atoms. The highest BCUT2D eigenvalue weighted by atomic mass is 15.2. The molecular formula is C31H31N. The largest absolute Gasteiger partial charge is 0.336 e. The van der Waals surface area contributed by atoms with Crippen LogP contribution in [-0.4, -0.2) is 5.54 Å². The maximum Gasteiger partial charge on any atom is 0.0495 e. The lowest BCUT2D eigenvalue weighted by atomic mass is 9.82. The van der Waals surface area contributed by atoms with Gasteiger partial charge in [0.1, 0.15) is 0 Å². The van der Waals surface area contributed by atoms with Crippen LogP contribution in [0, 0.1) is 0 Å². The zero-order valence-corrected chi connectivity index (χ0v) is 19.7. The fourth-order valence-corrected chi connectivity index (χ4v) is 5.27. The number of benzene rings is 4. The van der Waals surface area contributed by atoms with E-state index in [9.17, 15) is 0 Å². The Balaban J connectivity index is 1.71. The molecule has 0 radical (unpaired) electrons. The average Bonchev–Trinajstić information content (AvgIpc) is 3.01. The quantitative estimate of drug-likeness (QED) is 0.322. The van der Waals surface area contributed by atoms with Crippen molar-refractivity contribution in [1.82, 2.24) is 0 Å². The standard InChI is InChI=1S/C31H31N/c1-30(2,3)32(29-18-12-10-15-24(29)22-13-7-6-8-14-22)23-19-20-28-26(21-23)25-16-9-11-17-27(25)31(28,4)5/h6-21H,1-5H3. The van der Waals surface area contributed by atoms with Gasteiger partial charge in [-0.3, -0.25) is 0 Å². The van der Waals surface area contributed by atoms with E-state index in [2.05, 4.69) is 137 Å². The van der Waals surface area contributed by atoms with E-state index < -0.39 is 0 Å². The fourth-order valence-electron chi connectivity index (χ4n) is 5.27. The Labute approximate surface area is 192 Å². The Morgan fingerprint density at radius 3 is 1.91 bits per heavy atom. The molecule has 0 bridgehead atoms. The van der Waals surface area contributed by atoms with Crippen molar-refractivity contribution in [2.24, 2.45) is 0 Å². The molecule has 1 aliphatic rings. The van der Waals surface area contributed by atoms with Crippen LogP contribution in [0.15, 0.2) is 97.1 Å². The van der Waals surface area contributed by atoms with Crippen LogP contribution in [0.2, 0.25) is 0 Å². The summed E-state index contributed by atoms with van der Waals surface area (Å²) in [5, 5.41) is 0. The Bertz CT molecular complexity index is 1280. The maximum absolute atomic E-state index is 2.49. The Hall–Kier alpha value is -3.32. The van der Waals surface area contributed by atoms with Crippen LogP contribution in [0.25, 0.3) is 22.3 Å². The molecule has 0 heterocycles. The van der Waals surface area contributed by atoms with Gasteiger partial charge < -0.3 is 4.90 Å². The second kappa shape index (κ2) is 7.38. The van der Waals surface area contributed by atoms with Crippen molar-refractivity contribution in [3.05, 3.63) is 108 Å². The summed E-state index contributed by atoms with van der Waals surface area (Å²) >= 11 is 0. The maximum atomic E-state index is 2.49. The summed E-state index contributed by atoms with van der Waals surface area (Å²) in [5.74, 6) is 0. The van der Waals surface area contributed by atoms with Gasteiger partial charge in [0, 0.05) is 27.9 Å². The lowest BCUT2D eigenvalue weighted by Gasteiger charge is -2.39. The summed E-state index contributed by atoms with van der Waals surface area (Å²) in [6, 6.07) is 35.4. The first-order valence-electron chi connectivity index (χ1n) is 11.5. The van der Waals surface area contributed by atoms with Gasteiger partial charge in [0.05, 0.1) is 0 Å². The molecule has 4 aromatic rings. The molecule has 0 aromatic heterocycles. The van der Waals surface area contributed by atoms with Crippen LogP contribution in [0.3, 0.4) is 0 Å². The first kappa shape index (κ1) is 20.6. The van der Waals surface area contributed by atoms with E-state index in [1.54, 1.807) is 0 Å². The third kappa shape index (κ3) is 3.24. The van der Waals surface area contributed by atoms with Gasteiger partial charge in [-0.1, -0.05) is 92.7 Å². The number of anilines is 2. The fraction of sp³-hybridized carbons (Fsp3) is 0.226. The highest BCUT2D eigenvalue weighted by Crippen LogP contribution is 2.50. The predicted octanol–water partition coefficient (Wildman–Crippen LogP) is 8.60. The Morgan fingerprint density at radius 2 is 1.19 bits per heavy atom. The molecule has 5 rings (SSSR count).